The molecule has 0 amide bonds. The molecular formula is C41H68O13. The minimum absolute atomic E-state index is 0.00722. The zero-order chi connectivity index (χ0) is 39.2. The van der Waals surface area contributed by atoms with E-state index in [4.69, 9.17) is 23.7 Å². The maximum atomic E-state index is 12.2. The predicted octanol–water partition coefficient (Wildman–Crippen LogP) is 1.75. The summed E-state index contributed by atoms with van der Waals surface area (Å²) in [4.78, 5) is 0. The summed E-state index contributed by atoms with van der Waals surface area (Å²) in [6.45, 7) is 14.3. The fraction of sp³-hybridized carbons (Fsp3) is 1.00. The number of aliphatic hydroxyl groups excluding tert-OH is 7. The van der Waals surface area contributed by atoms with Gasteiger partial charge in [-0.3, -0.25) is 0 Å². The Bertz CT molecular complexity index is 1420. The maximum Gasteiger partial charge on any atom is 0.186 e. The summed E-state index contributed by atoms with van der Waals surface area (Å²) < 4.78 is 32.1. The number of hydrogen-bond acceptors (Lipinski definition) is 13. The van der Waals surface area contributed by atoms with Crippen LogP contribution in [0.1, 0.15) is 113 Å². The lowest BCUT2D eigenvalue weighted by molar-refractivity contribution is -0.327. The quantitative estimate of drug-likeness (QED) is 0.174. The van der Waals surface area contributed by atoms with Crippen molar-refractivity contribution >= 4 is 0 Å². The van der Waals surface area contributed by atoms with E-state index in [1.807, 2.05) is 0 Å². The normalized spacial score (nSPS) is 58.2. The molecule has 3 heterocycles. The number of hydrogen-bond donors (Lipinski definition) is 8. The molecule has 20 atom stereocenters. The van der Waals surface area contributed by atoms with Gasteiger partial charge < -0.3 is 64.5 Å². The van der Waals surface area contributed by atoms with Gasteiger partial charge in [0.1, 0.15) is 30.5 Å². The first kappa shape index (κ1) is 40.3. The molecule has 2 spiro atoms. The van der Waals surface area contributed by atoms with Crippen LogP contribution in [0.4, 0.5) is 0 Å². The molecule has 8 rings (SSSR count). The number of fused-ring (bicyclic) bond motifs is 2. The van der Waals surface area contributed by atoms with Crippen molar-refractivity contribution in [2.75, 3.05) is 13.2 Å². The SMILES string of the molecule is CC(C)(O)C1CC[C@](C)(C2C(O)C[C@@]3(C)C4C[C@H](O[C@@H]5O[C@H](CO)C(O)CC5O)[C@H]5C(C)(C)C(OC6OC[C@@H](O)C(O)[C@H]6O)CCC56CC46CCC23C)O1. The Morgan fingerprint density at radius 1 is 0.722 bits per heavy atom. The lowest BCUT2D eigenvalue weighted by atomic mass is 9.41. The van der Waals surface area contributed by atoms with Crippen molar-refractivity contribution in [3.05, 3.63) is 0 Å². The highest BCUT2D eigenvalue weighted by molar-refractivity contribution is 5.33. The van der Waals surface area contributed by atoms with Gasteiger partial charge in [-0.15, -0.1) is 0 Å². The second-order valence-electron chi connectivity index (χ2n) is 21.0. The third-order valence-electron chi connectivity index (χ3n) is 17.5. The molecule has 5 aliphatic carbocycles. The van der Waals surface area contributed by atoms with E-state index in [-0.39, 0.29) is 64.6 Å². The molecule has 3 aliphatic heterocycles. The summed E-state index contributed by atoms with van der Waals surface area (Å²) in [6, 6.07) is 0. The van der Waals surface area contributed by atoms with Gasteiger partial charge in [-0.2, -0.15) is 0 Å². The van der Waals surface area contributed by atoms with E-state index in [9.17, 15) is 40.9 Å². The minimum Gasteiger partial charge on any atom is -0.394 e. The standard InChI is InChI=1S/C41H68O13/c1-35(2)27(53-34-30(48)29(47)23(46)18-50-34)9-11-41-19-40(41)13-12-37(5)31(39(7)10-8-28(54-39)36(3,4)49)22(45)16-38(37,6)26(40)15-24(32(35)41)51-33-21(44)14-20(43)25(17-42)52-33/h20-34,42-49H,8-19H2,1-7H3/t20?,21?,22?,23-,24+,25-,26?,27?,28?,29?,30-,31?,32+,33-,34?,37?,38+,39-,40?,41?/m1/s1. The van der Waals surface area contributed by atoms with Crippen LogP contribution in [-0.2, 0) is 23.7 Å². The first-order valence-corrected chi connectivity index (χ1v) is 20.8. The first-order valence-electron chi connectivity index (χ1n) is 20.8. The molecule has 0 aromatic rings. The van der Waals surface area contributed by atoms with Gasteiger partial charge >= 0.3 is 0 Å². The fourth-order valence-electron chi connectivity index (χ4n) is 14.8. The van der Waals surface area contributed by atoms with E-state index in [1.165, 1.54) is 0 Å². The van der Waals surface area contributed by atoms with Gasteiger partial charge in [-0.1, -0.05) is 27.7 Å². The summed E-state index contributed by atoms with van der Waals surface area (Å²) in [7, 11) is 0. The average molecular weight is 769 g/mol. The van der Waals surface area contributed by atoms with Gasteiger partial charge in [-0.25, -0.2) is 0 Å². The lowest BCUT2D eigenvalue weighted by Crippen LogP contribution is -2.64. The average Bonchev–Trinajstić information content (AvgIpc) is 3.44. The molecule has 0 radical (unpaired) electrons. The number of ether oxygens (including phenoxy) is 5. The van der Waals surface area contributed by atoms with Gasteiger partial charge in [0.05, 0.1) is 54.9 Å². The summed E-state index contributed by atoms with van der Waals surface area (Å²) in [5, 5.41) is 86.3. The van der Waals surface area contributed by atoms with Crippen molar-refractivity contribution < 1.29 is 64.5 Å². The minimum atomic E-state index is -1.41. The molecule has 8 aliphatic rings. The van der Waals surface area contributed by atoms with Crippen molar-refractivity contribution in [2.24, 2.45) is 44.8 Å². The van der Waals surface area contributed by atoms with Crippen LogP contribution in [0.15, 0.2) is 0 Å². The van der Waals surface area contributed by atoms with Crippen molar-refractivity contribution in [3.63, 3.8) is 0 Å². The van der Waals surface area contributed by atoms with E-state index >= 15 is 0 Å². The summed E-state index contributed by atoms with van der Waals surface area (Å²) in [5.74, 6) is -0.0176. The second-order valence-corrected chi connectivity index (χ2v) is 21.0. The van der Waals surface area contributed by atoms with Crippen LogP contribution in [0.2, 0.25) is 0 Å². The lowest BCUT2D eigenvalue weighted by Gasteiger charge is -2.65. The maximum absolute atomic E-state index is 12.2. The molecule has 12 unspecified atom stereocenters. The molecule has 8 N–H and O–H groups in total. The monoisotopic (exact) mass is 768 g/mol. The molecule has 13 nitrogen and oxygen atoms in total. The van der Waals surface area contributed by atoms with E-state index in [1.54, 1.807) is 13.8 Å². The van der Waals surface area contributed by atoms with Gasteiger partial charge in [-0.05, 0) is 117 Å². The summed E-state index contributed by atoms with van der Waals surface area (Å²) >= 11 is 0. The molecule has 0 bridgehead atoms. The number of rotatable bonds is 7. The zero-order valence-corrected chi connectivity index (χ0v) is 33.3. The second kappa shape index (κ2) is 13.0. The Balaban J connectivity index is 1.14. The Morgan fingerprint density at radius 3 is 2.11 bits per heavy atom. The van der Waals surface area contributed by atoms with Crippen LogP contribution < -0.4 is 0 Å². The molecular weight excluding hydrogens is 700 g/mol. The van der Waals surface area contributed by atoms with Gasteiger partial charge in [0.25, 0.3) is 0 Å². The zero-order valence-electron chi connectivity index (χ0n) is 33.3. The Kier molecular flexibility index (Phi) is 9.69. The third kappa shape index (κ3) is 5.57. The van der Waals surface area contributed by atoms with Gasteiger partial charge in [0.15, 0.2) is 12.6 Å². The summed E-state index contributed by atoms with van der Waals surface area (Å²) in [5.41, 5.74) is -2.80. The first-order chi connectivity index (χ1) is 25.1. The van der Waals surface area contributed by atoms with Gasteiger partial charge in [0, 0.05) is 12.3 Å². The highest BCUT2D eigenvalue weighted by Gasteiger charge is 2.85. The van der Waals surface area contributed by atoms with E-state index in [0.29, 0.717) is 19.3 Å². The Hall–Kier alpha value is -0.520. The predicted molar refractivity (Wildman–Crippen MR) is 192 cm³/mol. The Labute approximate surface area is 319 Å². The molecule has 5 saturated carbocycles. The highest BCUT2D eigenvalue weighted by Crippen LogP contribution is 2.89. The fourth-order valence-corrected chi connectivity index (χ4v) is 14.8. The molecule has 0 aromatic carbocycles. The van der Waals surface area contributed by atoms with Gasteiger partial charge in [0.2, 0.25) is 0 Å². The van der Waals surface area contributed by atoms with Crippen LogP contribution in [0, 0.1) is 44.8 Å². The van der Waals surface area contributed by atoms with Crippen LogP contribution in [-0.4, -0.2) is 139 Å². The van der Waals surface area contributed by atoms with Crippen molar-refractivity contribution in [2.45, 2.75) is 197 Å². The van der Waals surface area contributed by atoms with Crippen molar-refractivity contribution in [1.29, 1.82) is 0 Å². The Morgan fingerprint density at radius 2 is 1.44 bits per heavy atom. The largest absolute Gasteiger partial charge is 0.394 e. The van der Waals surface area contributed by atoms with Crippen molar-refractivity contribution in [3.8, 4) is 0 Å². The highest BCUT2D eigenvalue weighted by atomic mass is 16.7. The molecule has 3 saturated heterocycles. The topological polar surface area (TPSA) is 208 Å². The van der Waals surface area contributed by atoms with E-state index < -0.39 is 84.6 Å². The van der Waals surface area contributed by atoms with Crippen LogP contribution in [0.5, 0.6) is 0 Å². The van der Waals surface area contributed by atoms with Crippen LogP contribution >= 0.6 is 0 Å². The number of aliphatic hydroxyl groups is 8. The van der Waals surface area contributed by atoms with Crippen molar-refractivity contribution in [1.82, 2.24) is 0 Å². The van der Waals surface area contributed by atoms with E-state index in [0.717, 1.165) is 38.5 Å². The molecule has 0 aromatic heterocycles. The van der Waals surface area contributed by atoms with Crippen LogP contribution in [0.25, 0.3) is 0 Å². The smallest absolute Gasteiger partial charge is 0.186 e. The van der Waals surface area contributed by atoms with E-state index in [2.05, 4.69) is 34.6 Å². The summed E-state index contributed by atoms with van der Waals surface area (Å²) in [6.07, 6.45) is -3.61. The molecule has 8 fully saturated rings. The molecule has 310 valence electrons. The van der Waals surface area contributed by atoms with Crippen LogP contribution in [0.3, 0.4) is 0 Å². The molecule has 13 heteroatoms. The third-order valence-corrected chi connectivity index (χ3v) is 17.5. The molecule has 54 heavy (non-hydrogen) atoms.